The molecular formula is C8H13N3. The summed E-state index contributed by atoms with van der Waals surface area (Å²) in [5.41, 5.74) is 7.57. The lowest BCUT2D eigenvalue weighted by Gasteiger charge is -1.92. The minimum Gasteiger partial charge on any atom is -0.348 e. The maximum Gasteiger partial charge on any atom is 0.0929 e. The molecular weight excluding hydrogens is 138 g/mol. The molecule has 1 aromatic rings. The first-order valence-electron chi connectivity index (χ1n) is 3.64. The summed E-state index contributed by atoms with van der Waals surface area (Å²) in [6.07, 6.45) is 5.52. The van der Waals surface area contributed by atoms with Crippen molar-refractivity contribution in [2.24, 2.45) is 5.73 Å². The van der Waals surface area contributed by atoms with Gasteiger partial charge in [0.25, 0.3) is 0 Å². The van der Waals surface area contributed by atoms with Crippen molar-refractivity contribution in [3.05, 3.63) is 23.8 Å². The molecule has 1 heterocycles. The van der Waals surface area contributed by atoms with Gasteiger partial charge in [-0.1, -0.05) is 6.08 Å². The molecule has 0 saturated heterocycles. The van der Waals surface area contributed by atoms with E-state index in [2.05, 4.69) is 9.97 Å². The Labute approximate surface area is 66.3 Å². The second kappa shape index (κ2) is 3.34. The Morgan fingerprint density at radius 1 is 1.73 bits per heavy atom. The number of hydrogen-bond donors (Lipinski definition) is 2. The predicted octanol–water partition coefficient (Wildman–Crippen LogP) is 1.08. The van der Waals surface area contributed by atoms with Gasteiger partial charge in [-0.25, -0.2) is 4.98 Å². The fourth-order valence-electron chi connectivity index (χ4n) is 0.780. The van der Waals surface area contributed by atoms with Gasteiger partial charge < -0.3 is 10.7 Å². The zero-order chi connectivity index (χ0) is 8.27. The predicted molar refractivity (Wildman–Crippen MR) is 46.0 cm³/mol. The fraction of sp³-hybridized carbons (Fsp3) is 0.375. The van der Waals surface area contributed by atoms with Gasteiger partial charge in [-0.2, -0.15) is 0 Å². The Balaban J connectivity index is 2.71. The molecule has 11 heavy (non-hydrogen) atoms. The standard InChI is InChI=1S/C8H13N3/c1-6(9)3-4-8-7(2)10-5-11-8/h3-6H,9H2,1-2H3,(H,10,11)/b4-3+. The second-order valence-electron chi connectivity index (χ2n) is 2.63. The van der Waals surface area contributed by atoms with Gasteiger partial charge in [-0.15, -0.1) is 0 Å². The molecule has 3 heteroatoms. The van der Waals surface area contributed by atoms with Gasteiger partial charge >= 0.3 is 0 Å². The number of nitrogens with zero attached hydrogens (tertiary/aromatic N) is 1. The van der Waals surface area contributed by atoms with Crippen LogP contribution in [0.25, 0.3) is 6.08 Å². The molecule has 1 aromatic heterocycles. The molecule has 0 aliphatic heterocycles. The second-order valence-corrected chi connectivity index (χ2v) is 2.63. The molecule has 0 amide bonds. The van der Waals surface area contributed by atoms with E-state index < -0.39 is 0 Å². The molecule has 1 atom stereocenters. The minimum absolute atomic E-state index is 0.0890. The Morgan fingerprint density at radius 2 is 2.45 bits per heavy atom. The van der Waals surface area contributed by atoms with Gasteiger partial charge in [0.05, 0.1) is 12.0 Å². The van der Waals surface area contributed by atoms with Crippen LogP contribution in [-0.2, 0) is 0 Å². The average molecular weight is 151 g/mol. The monoisotopic (exact) mass is 151 g/mol. The van der Waals surface area contributed by atoms with Crippen LogP contribution in [0.4, 0.5) is 0 Å². The summed E-state index contributed by atoms with van der Waals surface area (Å²) in [7, 11) is 0. The summed E-state index contributed by atoms with van der Waals surface area (Å²) in [4.78, 5) is 7.08. The highest BCUT2D eigenvalue weighted by Gasteiger charge is 1.94. The molecule has 1 unspecified atom stereocenters. The highest BCUT2D eigenvalue weighted by Crippen LogP contribution is 2.02. The van der Waals surface area contributed by atoms with E-state index in [1.165, 1.54) is 0 Å². The Bertz CT molecular complexity index is 248. The lowest BCUT2D eigenvalue weighted by atomic mass is 10.2. The number of rotatable bonds is 2. The number of nitrogens with one attached hydrogen (secondary N) is 1. The number of nitrogens with two attached hydrogens (primary N) is 1. The van der Waals surface area contributed by atoms with Crippen LogP contribution in [0.15, 0.2) is 12.4 Å². The smallest absolute Gasteiger partial charge is 0.0929 e. The Hall–Kier alpha value is -1.09. The molecule has 1 rings (SSSR count). The lowest BCUT2D eigenvalue weighted by Crippen LogP contribution is -2.09. The lowest BCUT2D eigenvalue weighted by molar-refractivity contribution is 0.930. The molecule has 0 aliphatic carbocycles. The molecule has 0 spiro atoms. The Morgan fingerprint density at radius 3 is 2.91 bits per heavy atom. The summed E-state index contributed by atoms with van der Waals surface area (Å²) >= 11 is 0. The molecule has 0 fully saturated rings. The summed E-state index contributed by atoms with van der Waals surface area (Å²) < 4.78 is 0. The third-order valence-corrected chi connectivity index (χ3v) is 1.43. The van der Waals surface area contributed by atoms with E-state index in [9.17, 15) is 0 Å². The molecule has 60 valence electrons. The van der Waals surface area contributed by atoms with Gasteiger partial charge in [0.15, 0.2) is 0 Å². The van der Waals surface area contributed by atoms with Gasteiger partial charge in [0, 0.05) is 11.7 Å². The van der Waals surface area contributed by atoms with Crippen molar-refractivity contribution in [1.82, 2.24) is 9.97 Å². The van der Waals surface area contributed by atoms with Gasteiger partial charge in [-0.3, -0.25) is 0 Å². The van der Waals surface area contributed by atoms with Crippen LogP contribution in [-0.4, -0.2) is 16.0 Å². The fourth-order valence-corrected chi connectivity index (χ4v) is 0.780. The van der Waals surface area contributed by atoms with Gasteiger partial charge in [0.2, 0.25) is 0 Å². The molecule has 0 aromatic carbocycles. The first kappa shape index (κ1) is 8.01. The molecule has 0 saturated carbocycles. The molecule has 0 aliphatic rings. The molecule has 0 bridgehead atoms. The van der Waals surface area contributed by atoms with Crippen molar-refractivity contribution in [2.45, 2.75) is 19.9 Å². The van der Waals surface area contributed by atoms with Crippen molar-refractivity contribution >= 4 is 6.08 Å². The quantitative estimate of drug-likeness (QED) is 0.664. The van der Waals surface area contributed by atoms with Crippen molar-refractivity contribution in [3.8, 4) is 0 Å². The van der Waals surface area contributed by atoms with Gasteiger partial charge in [0.1, 0.15) is 0 Å². The van der Waals surface area contributed by atoms with Crippen LogP contribution in [0, 0.1) is 6.92 Å². The number of aryl methyl sites for hydroxylation is 1. The summed E-state index contributed by atoms with van der Waals surface area (Å²) in [6, 6.07) is 0.0890. The normalized spacial score (nSPS) is 14.1. The minimum atomic E-state index is 0.0890. The Kier molecular flexibility index (Phi) is 2.44. The largest absolute Gasteiger partial charge is 0.348 e. The van der Waals surface area contributed by atoms with E-state index in [0.29, 0.717) is 0 Å². The number of aromatic nitrogens is 2. The first-order valence-corrected chi connectivity index (χ1v) is 3.64. The average Bonchev–Trinajstić information content (AvgIpc) is 2.31. The van der Waals surface area contributed by atoms with Crippen LogP contribution in [0.1, 0.15) is 18.3 Å². The van der Waals surface area contributed by atoms with Crippen molar-refractivity contribution in [2.75, 3.05) is 0 Å². The van der Waals surface area contributed by atoms with E-state index in [1.807, 2.05) is 26.0 Å². The molecule has 3 nitrogen and oxygen atoms in total. The van der Waals surface area contributed by atoms with Crippen molar-refractivity contribution in [1.29, 1.82) is 0 Å². The first-order chi connectivity index (χ1) is 5.20. The number of aromatic amines is 1. The highest BCUT2D eigenvalue weighted by atomic mass is 14.9. The highest BCUT2D eigenvalue weighted by molar-refractivity contribution is 5.47. The van der Waals surface area contributed by atoms with E-state index in [0.717, 1.165) is 11.4 Å². The molecule has 0 radical (unpaired) electrons. The van der Waals surface area contributed by atoms with Crippen molar-refractivity contribution in [3.63, 3.8) is 0 Å². The third-order valence-electron chi connectivity index (χ3n) is 1.43. The van der Waals surface area contributed by atoms with Crippen LogP contribution in [0.5, 0.6) is 0 Å². The van der Waals surface area contributed by atoms with E-state index in [4.69, 9.17) is 5.73 Å². The summed E-state index contributed by atoms with van der Waals surface area (Å²) in [5, 5.41) is 0. The summed E-state index contributed by atoms with van der Waals surface area (Å²) in [6.45, 7) is 3.91. The van der Waals surface area contributed by atoms with Crippen LogP contribution >= 0.6 is 0 Å². The zero-order valence-electron chi connectivity index (χ0n) is 6.83. The van der Waals surface area contributed by atoms with Crippen molar-refractivity contribution < 1.29 is 0 Å². The SMILES string of the molecule is Cc1[nH]cnc1/C=C/C(C)N. The van der Waals surface area contributed by atoms with Crippen LogP contribution in [0.3, 0.4) is 0 Å². The van der Waals surface area contributed by atoms with E-state index >= 15 is 0 Å². The van der Waals surface area contributed by atoms with E-state index in [-0.39, 0.29) is 6.04 Å². The number of imidazole rings is 1. The zero-order valence-corrected chi connectivity index (χ0v) is 6.83. The number of hydrogen-bond acceptors (Lipinski definition) is 2. The van der Waals surface area contributed by atoms with Crippen LogP contribution < -0.4 is 5.73 Å². The maximum atomic E-state index is 5.53. The van der Waals surface area contributed by atoms with E-state index in [1.54, 1.807) is 6.33 Å². The third kappa shape index (κ3) is 2.20. The van der Waals surface area contributed by atoms with Gasteiger partial charge in [-0.05, 0) is 19.9 Å². The number of H-pyrrole nitrogens is 1. The molecule has 3 N–H and O–H groups in total. The van der Waals surface area contributed by atoms with Crippen LogP contribution in [0.2, 0.25) is 0 Å². The summed E-state index contributed by atoms with van der Waals surface area (Å²) in [5.74, 6) is 0. The maximum absolute atomic E-state index is 5.53. The topological polar surface area (TPSA) is 54.7 Å².